The molecule has 1 aliphatic heterocycles. The molecule has 6 nitrogen and oxygen atoms in total. The highest BCUT2D eigenvalue weighted by Gasteiger charge is 2.27. The molecule has 2 aromatic heterocycles. The van der Waals surface area contributed by atoms with Crippen molar-refractivity contribution in [2.24, 2.45) is 5.92 Å². The predicted octanol–water partition coefficient (Wildman–Crippen LogP) is 4.68. The molecule has 1 saturated heterocycles. The fourth-order valence-electron chi connectivity index (χ4n) is 4.63. The van der Waals surface area contributed by atoms with E-state index in [1.54, 1.807) is 0 Å². The lowest BCUT2D eigenvalue weighted by Crippen LogP contribution is -2.40. The Morgan fingerprint density at radius 1 is 1.20 bits per heavy atom. The standard InChI is InChI=1S/C23H31N3O3S/c1-15-14-16(2)24-22-19(15)20(21(30-22)23(28)26-10-12-29-13-11-26)25-18(27)9-8-17-6-4-3-5-7-17/h14,17H,3-13H2,1-2H3,(H,25,27). The number of morpholine rings is 1. The van der Waals surface area contributed by atoms with Crippen LogP contribution in [0.5, 0.6) is 0 Å². The first-order chi connectivity index (χ1) is 14.5. The number of rotatable bonds is 5. The fourth-order valence-corrected chi connectivity index (χ4v) is 5.85. The Bertz CT molecular complexity index is 927. The normalized spacial score (nSPS) is 18.0. The van der Waals surface area contributed by atoms with Crippen LogP contribution in [0.3, 0.4) is 0 Å². The summed E-state index contributed by atoms with van der Waals surface area (Å²) in [4.78, 5) is 34.0. The van der Waals surface area contributed by atoms with E-state index in [0.717, 1.165) is 27.9 Å². The number of aryl methyl sites for hydroxylation is 2. The van der Waals surface area contributed by atoms with Crippen LogP contribution in [-0.2, 0) is 9.53 Å². The van der Waals surface area contributed by atoms with Crippen LogP contribution in [0.15, 0.2) is 6.07 Å². The summed E-state index contributed by atoms with van der Waals surface area (Å²) in [6.07, 6.45) is 7.79. The summed E-state index contributed by atoms with van der Waals surface area (Å²) in [5.41, 5.74) is 2.60. The van der Waals surface area contributed by atoms with Crippen molar-refractivity contribution in [1.29, 1.82) is 0 Å². The van der Waals surface area contributed by atoms with E-state index < -0.39 is 0 Å². The Morgan fingerprint density at radius 2 is 1.93 bits per heavy atom. The van der Waals surface area contributed by atoms with E-state index in [-0.39, 0.29) is 11.8 Å². The van der Waals surface area contributed by atoms with Crippen molar-refractivity contribution in [2.75, 3.05) is 31.6 Å². The number of thiophene rings is 1. The van der Waals surface area contributed by atoms with E-state index in [1.807, 2.05) is 24.8 Å². The van der Waals surface area contributed by atoms with Gasteiger partial charge in [0.15, 0.2) is 0 Å². The van der Waals surface area contributed by atoms with Gasteiger partial charge < -0.3 is 15.0 Å². The maximum Gasteiger partial charge on any atom is 0.266 e. The van der Waals surface area contributed by atoms with Gasteiger partial charge in [0.05, 0.1) is 18.9 Å². The molecule has 2 fully saturated rings. The molecule has 0 bridgehead atoms. The molecule has 162 valence electrons. The highest BCUT2D eigenvalue weighted by molar-refractivity contribution is 7.21. The van der Waals surface area contributed by atoms with Gasteiger partial charge in [0.2, 0.25) is 5.91 Å². The number of nitrogens with zero attached hydrogens (tertiary/aromatic N) is 2. The van der Waals surface area contributed by atoms with Gasteiger partial charge in [-0.05, 0) is 37.8 Å². The Kier molecular flexibility index (Phi) is 6.68. The summed E-state index contributed by atoms with van der Waals surface area (Å²) in [5, 5.41) is 4.00. The minimum atomic E-state index is -0.0408. The lowest BCUT2D eigenvalue weighted by atomic mass is 9.86. The quantitative estimate of drug-likeness (QED) is 0.749. The third-order valence-electron chi connectivity index (χ3n) is 6.25. The number of nitrogens with one attached hydrogen (secondary N) is 1. The van der Waals surface area contributed by atoms with Crippen LogP contribution < -0.4 is 5.32 Å². The van der Waals surface area contributed by atoms with Gasteiger partial charge >= 0.3 is 0 Å². The molecule has 2 aromatic rings. The van der Waals surface area contributed by atoms with Crippen LogP contribution in [0.25, 0.3) is 10.2 Å². The third kappa shape index (κ3) is 4.67. The first-order valence-electron chi connectivity index (χ1n) is 11.1. The van der Waals surface area contributed by atoms with Crippen LogP contribution in [0.1, 0.15) is 65.9 Å². The number of aromatic nitrogens is 1. The molecular formula is C23H31N3O3S. The molecular weight excluding hydrogens is 398 g/mol. The fraction of sp³-hybridized carbons (Fsp3) is 0.609. The lowest BCUT2D eigenvalue weighted by molar-refractivity contribution is -0.116. The molecule has 0 spiro atoms. The van der Waals surface area contributed by atoms with E-state index in [1.165, 1.54) is 43.4 Å². The molecule has 7 heteroatoms. The number of amides is 2. The summed E-state index contributed by atoms with van der Waals surface area (Å²) in [6.45, 7) is 6.23. The first kappa shape index (κ1) is 21.2. The second kappa shape index (κ2) is 9.43. The van der Waals surface area contributed by atoms with Gasteiger partial charge in [0, 0.05) is 30.6 Å². The molecule has 2 amide bonds. The molecule has 0 aromatic carbocycles. The maximum atomic E-state index is 13.3. The summed E-state index contributed by atoms with van der Waals surface area (Å²) in [7, 11) is 0. The van der Waals surface area contributed by atoms with Crippen molar-refractivity contribution in [3.8, 4) is 0 Å². The number of anilines is 1. The second-order valence-electron chi connectivity index (χ2n) is 8.56. The Hall–Kier alpha value is -1.99. The van der Waals surface area contributed by atoms with Crippen molar-refractivity contribution in [2.45, 2.75) is 58.8 Å². The molecule has 1 aliphatic carbocycles. The van der Waals surface area contributed by atoms with E-state index in [0.29, 0.717) is 49.2 Å². The predicted molar refractivity (Wildman–Crippen MR) is 120 cm³/mol. The number of ether oxygens (including phenoxy) is 1. The average Bonchev–Trinajstić information content (AvgIpc) is 3.11. The summed E-state index contributed by atoms with van der Waals surface area (Å²) in [5.74, 6) is 0.612. The van der Waals surface area contributed by atoms with Crippen molar-refractivity contribution in [1.82, 2.24) is 9.88 Å². The highest BCUT2D eigenvalue weighted by atomic mass is 32.1. The minimum Gasteiger partial charge on any atom is -0.378 e. The smallest absolute Gasteiger partial charge is 0.266 e. The maximum absolute atomic E-state index is 13.3. The van der Waals surface area contributed by atoms with Crippen molar-refractivity contribution < 1.29 is 14.3 Å². The van der Waals surface area contributed by atoms with E-state index in [4.69, 9.17) is 4.74 Å². The number of carbonyl (C=O) groups excluding carboxylic acids is 2. The van der Waals surface area contributed by atoms with Gasteiger partial charge in [-0.2, -0.15) is 0 Å². The largest absolute Gasteiger partial charge is 0.378 e. The Morgan fingerprint density at radius 3 is 2.67 bits per heavy atom. The SMILES string of the molecule is Cc1cc(C)c2c(NC(=O)CCC3CCCCC3)c(C(=O)N3CCOCC3)sc2n1. The number of hydrogen-bond donors (Lipinski definition) is 1. The number of pyridine rings is 1. The first-order valence-corrected chi connectivity index (χ1v) is 11.9. The average molecular weight is 430 g/mol. The van der Waals surface area contributed by atoms with Gasteiger partial charge in [-0.15, -0.1) is 11.3 Å². The number of carbonyl (C=O) groups is 2. The van der Waals surface area contributed by atoms with Gasteiger partial charge in [-0.1, -0.05) is 32.1 Å². The number of fused-ring (bicyclic) bond motifs is 1. The van der Waals surface area contributed by atoms with Crippen molar-refractivity contribution in [3.63, 3.8) is 0 Å². The van der Waals surface area contributed by atoms with Crippen molar-refractivity contribution >= 4 is 39.1 Å². The molecule has 4 rings (SSSR count). The van der Waals surface area contributed by atoms with Crippen molar-refractivity contribution in [3.05, 3.63) is 22.2 Å². The van der Waals surface area contributed by atoms with Crippen LogP contribution in [-0.4, -0.2) is 48.0 Å². The van der Waals surface area contributed by atoms with Gasteiger partial charge in [0.25, 0.3) is 5.91 Å². The van der Waals surface area contributed by atoms with Crippen LogP contribution in [0.2, 0.25) is 0 Å². The number of hydrogen-bond acceptors (Lipinski definition) is 5. The molecule has 0 radical (unpaired) electrons. The van der Waals surface area contributed by atoms with Gasteiger partial charge in [-0.3, -0.25) is 9.59 Å². The molecule has 0 unspecified atom stereocenters. The third-order valence-corrected chi connectivity index (χ3v) is 7.32. The molecule has 2 aliphatic rings. The van der Waals surface area contributed by atoms with E-state index in [9.17, 15) is 9.59 Å². The summed E-state index contributed by atoms with van der Waals surface area (Å²) in [6, 6.07) is 2.01. The van der Waals surface area contributed by atoms with E-state index >= 15 is 0 Å². The monoisotopic (exact) mass is 429 g/mol. The molecule has 1 N–H and O–H groups in total. The molecule has 1 saturated carbocycles. The van der Waals surface area contributed by atoms with Gasteiger partial charge in [-0.25, -0.2) is 4.98 Å². The topological polar surface area (TPSA) is 71.5 Å². The van der Waals surface area contributed by atoms with E-state index in [2.05, 4.69) is 10.3 Å². The Labute approximate surface area is 182 Å². The zero-order valence-corrected chi connectivity index (χ0v) is 18.8. The van der Waals surface area contributed by atoms with Crippen LogP contribution in [0.4, 0.5) is 5.69 Å². The molecule has 0 atom stereocenters. The van der Waals surface area contributed by atoms with Crippen LogP contribution in [0, 0.1) is 19.8 Å². The Balaban J connectivity index is 1.59. The highest BCUT2D eigenvalue weighted by Crippen LogP contribution is 2.38. The summed E-state index contributed by atoms with van der Waals surface area (Å²) < 4.78 is 5.39. The van der Waals surface area contributed by atoms with Crippen LogP contribution >= 0.6 is 11.3 Å². The zero-order chi connectivity index (χ0) is 21.1. The second-order valence-corrected chi connectivity index (χ2v) is 9.56. The van der Waals surface area contributed by atoms with Gasteiger partial charge in [0.1, 0.15) is 9.71 Å². The zero-order valence-electron chi connectivity index (χ0n) is 18.0. The summed E-state index contributed by atoms with van der Waals surface area (Å²) >= 11 is 1.38. The molecule has 3 heterocycles. The minimum absolute atomic E-state index is 0.00345. The molecule has 30 heavy (non-hydrogen) atoms. The lowest BCUT2D eigenvalue weighted by Gasteiger charge is -2.26.